The first-order valence-corrected chi connectivity index (χ1v) is 9.74. The molecule has 144 valence electrons. The molecule has 3 aromatic heterocycles. The largest absolute Gasteiger partial charge is 0.496 e. The third-order valence-electron chi connectivity index (χ3n) is 5.31. The van der Waals surface area contributed by atoms with Crippen LogP contribution in [0.5, 0.6) is 5.75 Å². The second-order valence-electron chi connectivity index (χ2n) is 7.53. The Labute approximate surface area is 168 Å². The van der Waals surface area contributed by atoms with Crippen molar-refractivity contribution in [2.24, 2.45) is 0 Å². The molecule has 0 saturated carbocycles. The molecule has 5 nitrogen and oxygen atoms in total. The van der Waals surface area contributed by atoms with Crippen LogP contribution in [-0.2, 0) is 0 Å². The summed E-state index contributed by atoms with van der Waals surface area (Å²) in [5, 5.41) is 1.07. The first kappa shape index (κ1) is 17.5. The van der Waals surface area contributed by atoms with Gasteiger partial charge in [-0.1, -0.05) is 38.1 Å². The number of imidazole rings is 1. The highest BCUT2D eigenvalue weighted by Gasteiger charge is 2.13. The van der Waals surface area contributed by atoms with Crippen molar-refractivity contribution >= 4 is 22.1 Å². The molecule has 29 heavy (non-hydrogen) atoms. The van der Waals surface area contributed by atoms with Gasteiger partial charge in [0.1, 0.15) is 17.2 Å². The van der Waals surface area contributed by atoms with Crippen molar-refractivity contribution in [3.05, 3.63) is 66.7 Å². The molecule has 0 saturated heterocycles. The molecule has 0 atom stereocenters. The Morgan fingerprint density at radius 2 is 1.83 bits per heavy atom. The minimum absolute atomic E-state index is 0.368. The Morgan fingerprint density at radius 3 is 2.66 bits per heavy atom. The number of fused-ring (bicyclic) bond motifs is 2. The molecule has 0 aliphatic heterocycles. The quantitative estimate of drug-likeness (QED) is 0.406. The van der Waals surface area contributed by atoms with Crippen molar-refractivity contribution in [3.63, 3.8) is 0 Å². The minimum Gasteiger partial charge on any atom is -0.496 e. The standard InChI is InChI=1S/C24H22N4O/c1-14(2)23-27-20-9-8-15(11-21(20)28-23)16-10-18-19(13-26-24(18)25-12-16)17-6-4-5-7-22(17)29-3/h4-14H,1-3H3,(H,25,26)(H,27,28). The van der Waals surface area contributed by atoms with E-state index in [2.05, 4.69) is 64.1 Å². The van der Waals surface area contributed by atoms with Gasteiger partial charge in [0.2, 0.25) is 0 Å². The van der Waals surface area contributed by atoms with Gasteiger partial charge < -0.3 is 14.7 Å². The van der Waals surface area contributed by atoms with Crippen LogP contribution in [-0.4, -0.2) is 27.0 Å². The molecule has 3 heterocycles. The summed E-state index contributed by atoms with van der Waals surface area (Å²) in [5.74, 6) is 2.22. The topological polar surface area (TPSA) is 66.6 Å². The van der Waals surface area contributed by atoms with Gasteiger partial charge >= 0.3 is 0 Å². The summed E-state index contributed by atoms with van der Waals surface area (Å²) in [7, 11) is 1.70. The average Bonchev–Trinajstić information content (AvgIpc) is 3.37. The number of benzene rings is 2. The Kier molecular flexibility index (Phi) is 4.09. The molecule has 0 spiro atoms. The number of hydrogen-bond donors (Lipinski definition) is 2. The van der Waals surface area contributed by atoms with E-state index in [-0.39, 0.29) is 0 Å². The van der Waals surface area contributed by atoms with Crippen LogP contribution >= 0.6 is 0 Å². The monoisotopic (exact) mass is 382 g/mol. The highest BCUT2D eigenvalue weighted by Crippen LogP contribution is 2.36. The number of pyridine rings is 1. The Balaban J connectivity index is 1.64. The van der Waals surface area contributed by atoms with E-state index >= 15 is 0 Å². The lowest BCUT2D eigenvalue weighted by Crippen LogP contribution is -1.88. The van der Waals surface area contributed by atoms with E-state index in [9.17, 15) is 0 Å². The van der Waals surface area contributed by atoms with Crippen LogP contribution in [0.2, 0.25) is 0 Å². The lowest BCUT2D eigenvalue weighted by atomic mass is 10.0. The van der Waals surface area contributed by atoms with Gasteiger partial charge in [0.15, 0.2) is 0 Å². The minimum atomic E-state index is 0.368. The van der Waals surface area contributed by atoms with Crippen LogP contribution in [0.3, 0.4) is 0 Å². The fraction of sp³-hybridized carbons (Fsp3) is 0.167. The smallest absolute Gasteiger partial charge is 0.137 e. The number of H-pyrrole nitrogens is 2. The number of para-hydroxylation sites is 1. The predicted molar refractivity (Wildman–Crippen MR) is 117 cm³/mol. The normalized spacial score (nSPS) is 11.6. The van der Waals surface area contributed by atoms with Gasteiger partial charge in [-0.15, -0.1) is 0 Å². The summed E-state index contributed by atoms with van der Waals surface area (Å²) in [5.41, 5.74) is 7.20. The molecule has 0 amide bonds. The predicted octanol–water partition coefficient (Wildman–Crippen LogP) is 5.91. The van der Waals surface area contributed by atoms with Crippen LogP contribution in [0.1, 0.15) is 25.6 Å². The Hall–Kier alpha value is -3.60. The number of ether oxygens (including phenoxy) is 1. The maximum absolute atomic E-state index is 5.56. The lowest BCUT2D eigenvalue weighted by molar-refractivity contribution is 0.416. The SMILES string of the molecule is COc1ccccc1-c1c[nH]c2ncc(-c3ccc4nc(C(C)C)[nH]c4c3)cc12. The van der Waals surface area contributed by atoms with Crippen molar-refractivity contribution in [1.29, 1.82) is 0 Å². The first-order valence-electron chi connectivity index (χ1n) is 9.74. The molecule has 0 unspecified atom stereocenters. The van der Waals surface area contributed by atoms with Gasteiger partial charge in [-0.3, -0.25) is 0 Å². The van der Waals surface area contributed by atoms with E-state index in [0.29, 0.717) is 5.92 Å². The molecule has 5 aromatic rings. The van der Waals surface area contributed by atoms with Crippen molar-refractivity contribution < 1.29 is 4.74 Å². The fourth-order valence-electron chi connectivity index (χ4n) is 3.73. The van der Waals surface area contributed by atoms with Crippen LogP contribution < -0.4 is 4.74 Å². The van der Waals surface area contributed by atoms with Crippen LogP contribution in [0.25, 0.3) is 44.3 Å². The van der Waals surface area contributed by atoms with Crippen molar-refractivity contribution in [2.75, 3.05) is 7.11 Å². The lowest BCUT2D eigenvalue weighted by Gasteiger charge is -2.08. The van der Waals surface area contributed by atoms with Crippen LogP contribution in [0.4, 0.5) is 0 Å². The summed E-state index contributed by atoms with van der Waals surface area (Å²) >= 11 is 0. The molecule has 0 fully saturated rings. The van der Waals surface area contributed by atoms with E-state index in [1.807, 2.05) is 30.6 Å². The Morgan fingerprint density at radius 1 is 0.966 bits per heavy atom. The van der Waals surface area contributed by atoms with Crippen molar-refractivity contribution in [3.8, 4) is 28.0 Å². The van der Waals surface area contributed by atoms with Crippen molar-refractivity contribution in [2.45, 2.75) is 19.8 Å². The summed E-state index contributed by atoms with van der Waals surface area (Å²) < 4.78 is 5.56. The molecule has 2 N–H and O–H groups in total. The third-order valence-corrected chi connectivity index (χ3v) is 5.31. The van der Waals surface area contributed by atoms with E-state index in [1.54, 1.807) is 7.11 Å². The summed E-state index contributed by atoms with van der Waals surface area (Å²) in [6, 6.07) is 16.5. The maximum Gasteiger partial charge on any atom is 0.137 e. The van der Waals surface area contributed by atoms with Gasteiger partial charge in [-0.2, -0.15) is 0 Å². The van der Waals surface area contributed by atoms with Gasteiger partial charge in [0, 0.05) is 40.4 Å². The zero-order chi connectivity index (χ0) is 20.0. The van der Waals surface area contributed by atoms with Crippen LogP contribution in [0.15, 0.2) is 60.9 Å². The number of methoxy groups -OCH3 is 1. The van der Waals surface area contributed by atoms with E-state index < -0.39 is 0 Å². The maximum atomic E-state index is 5.56. The number of aromatic nitrogens is 4. The van der Waals surface area contributed by atoms with E-state index in [0.717, 1.165) is 55.9 Å². The van der Waals surface area contributed by atoms with E-state index in [1.165, 1.54) is 0 Å². The molecule has 0 aliphatic rings. The molecule has 0 bridgehead atoms. The number of nitrogens with zero attached hydrogens (tertiary/aromatic N) is 2. The average molecular weight is 382 g/mol. The van der Waals surface area contributed by atoms with E-state index in [4.69, 9.17) is 4.74 Å². The summed E-state index contributed by atoms with van der Waals surface area (Å²) in [6.07, 6.45) is 3.90. The number of nitrogens with one attached hydrogen (secondary N) is 2. The molecular weight excluding hydrogens is 360 g/mol. The first-order chi connectivity index (χ1) is 14.1. The third kappa shape index (κ3) is 2.95. The van der Waals surface area contributed by atoms with Gasteiger partial charge in [0.05, 0.1) is 18.1 Å². The zero-order valence-electron chi connectivity index (χ0n) is 16.7. The molecule has 2 aromatic carbocycles. The molecule has 5 rings (SSSR count). The Bertz CT molecular complexity index is 1330. The van der Waals surface area contributed by atoms with Gasteiger partial charge in [0.25, 0.3) is 0 Å². The molecule has 5 heteroatoms. The number of rotatable bonds is 4. The highest BCUT2D eigenvalue weighted by molar-refractivity contribution is 5.97. The van der Waals surface area contributed by atoms with Crippen molar-refractivity contribution in [1.82, 2.24) is 19.9 Å². The second kappa shape index (κ2) is 6.78. The molecule has 0 aliphatic carbocycles. The number of hydrogen-bond acceptors (Lipinski definition) is 3. The number of aromatic amines is 2. The summed E-state index contributed by atoms with van der Waals surface area (Å²) in [6.45, 7) is 4.28. The summed E-state index contributed by atoms with van der Waals surface area (Å²) in [4.78, 5) is 16.0. The second-order valence-corrected chi connectivity index (χ2v) is 7.53. The molecule has 0 radical (unpaired) electrons. The van der Waals surface area contributed by atoms with Crippen LogP contribution in [0, 0.1) is 0 Å². The van der Waals surface area contributed by atoms with Gasteiger partial charge in [-0.25, -0.2) is 9.97 Å². The highest BCUT2D eigenvalue weighted by atomic mass is 16.5. The molecular formula is C24H22N4O. The van der Waals surface area contributed by atoms with Gasteiger partial charge in [-0.05, 0) is 29.8 Å². The zero-order valence-corrected chi connectivity index (χ0v) is 16.7. The fourth-order valence-corrected chi connectivity index (χ4v) is 3.73.